The van der Waals surface area contributed by atoms with E-state index in [0.29, 0.717) is 5.56 Å². The summed E-state index contributed by atoms with van der Waals surface area (Å²) in [5, 5.41) is 10.4. The van der Waals surface area contributed by atoms with Crippen LogP contribution in [0.4, 0.5) is 13.2 Å². The number of carbonyl (C=O) groups is 1. The van der Waals surface area contributed by atoms with Crippen LogP contribution in [-0.4, -0.2) is 12.1 Å². The number of halogens is 3. The van der Waals surface area contributed by atoms with E-state index in [-0.39, 0.29) is 0 Å². The van der Waals surface area contributed by atoms with Gasteiger partial charge in [0.1, 0.15) is 12.2 Å². The average Bonchev–Trinajstić information content (AvgIpc) is 2.96. The summed E-state index contributed by atoms with van der Waals surface area (Å²) in [6, 6.07) is 4.19. The van der Waals surface area contributed by atoms with E-state index in [1.165, 1.54) is 12.1 Å². The van der Waals surface area contributed by atoms with Crippen molar-refractivity contribution in [2.45, 2.75) is 18.4 Å². The van der Waals surface area contributed by atoms with Crippen LogP contribution in [0.15, 0.2) is 24.3 Å². The van der Waals surface area contributed by atoms with Crippen molar-refractivity contribution in [3.63, 3.8) is 0 Å². The Bertz CT molecular complexity index is 410. The zero-order chi connectivity index (χ0) is 11.9. The van der Waals surface area contributed by atoms with Crippen LogP contribution in [0, 0.1) is 0 Å². The molecule has 0 amide bonds. The summed E-state index contributed by atoms with van der Waals surface area (Å²) >= 11 is 0. The third kappa shape index (κ3) is 2.01. The van der Waals surface area contributed by atoms with Gasteiger partial charge in [0.05, 0.1) is 11.5 Å². The highest BCUT2D eigenvalue weighted by Crippen LogP contribution is 2.39. The average molecular weight is 231 g/mol. The summed E-state index contributed by atoms with van der Waals surface area (Å²) in [6.45, 7) is 0. The Morgan fingerprint density at radius 1 is 1.25 bits per heavy atom. The summed E-state index contributed by atoms with van der Waals surface area (Å²) < 4.78 is 41.4. The predicted molar refractivity (Wildman–Crippen MR) is 44.1 cm³/mol. The first kappa shape index (κ1) is 10.9. The lowest BCUT2D eigenvalue weighted by Gasteiger charge is -2.06. The number of ether oxygens (including phenoxy) is 1. The molecule has 1 aromatic rings. The molecule has 0 aliphatic carbocycles. The van der Waals surface area contributed by atoms with Gasteiger partial charge in [0.15, 0.2) is 0 Å². The summed E-state index contributed by atoms with van der Waals surface area (Å²) in [4.78, 5) is 10.4. The van der Waals surface area contributed by atoms with Gasteiger partial charge in [0.25, 0.3) is 0 Å². The molecular weight excluding hydrogens is 225 g/mol. The normalized spacial score (nSPS) is 24.2. The van der Waals surface area contributed by atoms with Gasteiger partial charge in [-0.05, 0) is 17.7 Å². The molecule has 1 saturated heterocycles. The maximum absolute atomic E-state index is 12.2. The third-order valence-corrected chi connectivity index (χ3v) is 2.29. The summed E-state index contributed by atoms with van der Waals surface area (Å²) in [5.74, 6) is -1.36. The second-order valence-corrected chi connectivity index (χ2v) is 3.42. The molecule has 1 heterocycles. The smallest absolute Gasteiger partial charge is 0.416 e. The van der Waals surface area contributed by atoms with Gasteiger partial charge in [-0.3, -0.25) is 0 Å². The maximum Gasteiger partial charge on any atom is 0.416 e. The highest BCUT2D eigenvalue weighted by atomic mass is 19.4. The summed E-state index contributed by atoms with van der Waals surface area (Å²) in [5.41, 5.74) is -0.371. The summed E-state index contributed by atoms with van der Waals surface area (Å²) in [6.07, 6.45) is -6.12. The topological polar surface area (TPSA) is 52.7 Å². The Morgan fingerprint density at radius 3 is 2.19 bits per heavy atom. The van der Waals surface area contributed by atoms with Gasteiger partial charge in [0.2, 0.25) is 0 Å². The molecule has 0 N–H and O–H groups in total. The molecule has 0 unspecified atom stereocenters. The predicted octanol–water partition coefficient (Wildman–Crippen LogP) is 0.895. The van der Waals surface area contributed by atoms with Gasteiger partial charge >= 0.3 is 6.18 Å². The molecule has 86 valence electrons. The largest absolute Gasteiger partial charge is 0.547 e. The van der Waals surface area contributed by atoms with Crippen molar-refractivity contribution in [1.29, 1.82) is 0 Å². The van der Waals surface area contributed by atoms with Crippen LogP contribution in [0.25, 0.3) is 0 Å². The van der Waals surface area contributed by atoms with Crippen molar-refractivity contribution in [2.24, 2.45) is 0 Å². The molecule has 1 aliphatic heterocycles. The van der Waals surface area contributed by atoms with Crippen molar-refractivity contribution in [2.75, 3.05) is 0 Å². The van der Waals surface area contributed by atoms with E-state index in [9.17, 15) is 23.1 Å². The van der Waals surface area contributed by atoms with Crippen molar-refractivity contribution >= 4 is 5.97 Å². The fraction of sp³-hybridized carbons (Fsp3) is 0.300. The van der Waals surface area contributed by atoms with Crippen molar-refractivity contribution < 1.29 is 27.8 Å². The Hall–Kier alpha value is -1.56. The molecule has 0 spiro atoms. The second kappa shape index (κ2) is 3.48. The molecule has 1 aliphatic rings. The zero-order valence-corrected chi connectivity index (χ0v) is 7.82. The van der Waals surface area contributed by atoms with E-state index in [0.717, 1.165) is 12.1 Å². The number of alkyl halides is 3. The molecule has 1 aromatic carbocycles. The number of carboxylic acids is 1. The lowest BCUT2D eigenvalue weighted by Crippen LogP contribution is -2.28. The van der Waals surface area contributed by atoms with E-state index in [1.807, 2.05) is 0 Å². The number of hydrogen-bond acceptors (Lipinski definition) is 3. The first-order valence-corrected chi connectivity index (χ1v) is 4.43. The van der Waals surface area contributed by atoms with E-state index in [4.69, 9.17) is 4.74 Å². The van der Waals surface area contributed by atoms with Crippen LogP contribution < -0.4 is 5.11 Å². The number of epoxide rings is 1. The van der Waals surface area contributed by atoms with Crippen LogP contribution in [0.2, 0.25) is 0 Å². The molecule has 3 nitrogen and oxygen atoms in total. The minimum atomic E-state index is -4.39. The van der Waals surface area contributed by atoms with Gasteiger partial charge in [-0.15, -0.1) is 0 Å². The fourth-order valence-corrected chi connectivity index (χ4v) is 1.41. The number of aliphatic carboxylic acids is 1. The molecule has 2 rings (SSSR count). The number of hydrogen-bond donors (Lipinski definition) is 0. The van der Waals surface area contributed by atoms with Gasteiger partial charge < -0.3 is 14.6 Å². The third-order valence-electron chi connectivity index (χ3n) is 2.29. The molecule has 1 fully saturated rings. The standard InChI is InChI=1S/C10H7F3O3/c11-10(12,13)6-3-1-5(2-4-6)7-8(16-7)9(14)15/h1-4,7-8H,(H,14,15)/p-1/t7-,8+/m1/s1. The number of rotatable bonds is 2. The molecule has 0 saturated carbocycles. The van der Waals surface area contributed by atoms with Crippen molar-refractivity contribution in [3.05, 3.63) is 35.4 Å². The van der Waals surface area contributed by atoms with Gasteiger partial charge in [-0.25, -0.2) is 0 Å². The van der Waals surface area contributed by atoms with Gasteiger partial charge in [-0.1, -0.05) is 12.1 Å². The van der Waals surface area contributed by atoms with Crippen LogP contribution in [-0.2, 0) is 15.7 Å². The SMILES string of the molecule is O=C([O-])[C@H]1O[C@@H]1c1ccc(C(F)(F)F)cc1. The van der Waals surface area contributed by atoms with E-state index in [1.54, 1.807) is 0 Å². The van der Waals surface area contributed by atoms with Crippen molar-refractivity contribution in [3.8, 4) is 0 Å². The Morgan fingerprint density at radius 2 is 1.81 bits per heavy atom. The van der Waals surface area contributed by atoms with E-state index in [2.05, 4.69) is 0 Å². The zero-order valence-electron chi connectivity index (χ0n) is 7.82. The Labute approximate surface area is 88.5 Å². The highest BCUT2D eigenvalue weighted by Gasteiger charge is 2.41. The maximum atomic E-state index is 12.2. The van der Waals surface area contributed by atoms with E-state index < -0.39 is 29.9 Å². The fourth-order valence-electron chi connectivity index (χ4n) is 1.41. The van der Waals surface area contributed by atoms with Crippen LogP contribution in [0.3, 0.4) is 0 Å². The molecule has 0 bridgehead atoms. The number of carbonyl (C=O) groups excluding carboxylic acids is 1. The van der Waals surface area contributed by atoms with Gasteiger partial charge in [0, 0.05) is 0 Å². The minimum Gasteiger partial charge on any atom is -0.547 e. The number of carboxylic acid groups (broad SMARTS) is 1. The summed E-state index contributed by atoms with van der Waals surface area (Å²) in [7, 11) is 0. The van der Waals surface area contributed by atoms with Crippen LogP contribution >= 0.6 is 0 Å². The van der Waals surface area contributed by atoms with Gasteiger partial charge in [-0.2, -0.15) is 13.2 Å². The molecule has 0 radical (unpaired) electrons. The Balaban J connectivity index is 2.13. The molecular formula is C10H6F3O3-. The highest BCUT2D eigenvalue weighted by molar-refractivity contribution is 5.74. The minimum absolute atomic E-state index is 0.405. The molecule has 2 atom stereocenters. The second-order valence-electron chi connectivity index (χ2n) is 3.42. The first-order valence-electron chi connectivity index (χ1n) is 4.43. The molecule has 6 heteroatoms. The first-order chi connectivity index (χ1) is 7.39. The lowest BCUT2D eigenvalue weighted by molar-refractivity contribution is -0.307. The van der Waals surface area contributed by atoms with Crippen LogP contribution in [0.5, 0.6) is 0 Å². The van der Waals surface area contributed by atoms with Crippen LogP contribution in [0.1, 0.15) is 17.2 Å². The molecule has 0 aromatic heterocycles. The monoisotopic (exact) mass is 231 g/mol. The lowest BCUT2D eigenvalue weighted by atomic mass is 10.1. The molecule has 16 heavy (non-hydrogen) atoms. The number of benzene rings is 1. The Kier molecular flexibility index (Phi) is 2.38. The van der Waals surface area contributed by atoms with Crippen molar-refractivity contribution in [1.82, 2.24) is 0 Å². The quantitative estimate of drug-likeness (QED) is 0.710. The van der Waals surface area contributed by atoms with E-state index >= 15 is 0 Å².